The number of benzene rings is 2. The van der Waals surface area contributed by atoms with Gasteiger partial charge >= 0.3 is 0 Å². The average Bonchev–Trinajstić information content (AvgIpc) is 2.42. The Morgan fingerprint density at radius 1 is 1.25 bits per heavy atom. The maximum atomic E-state index is 12.9. The van der Waals surface area contributed by atoms with E-state index in [1.807, 2.05) is 0 Å². The fraction of sp³-hybridized carbons (Fsp3) is 0.133. The molecule has 0 saturated carbocycles. The number of rotatable bonds is 2. The number of amides is 1. The molecule has 2 N–H and O–H groups in total. The number of carbonyl (C=O) groups excluding carboxylic acids is 1. The third kappa shape index (κ3) is 2.82. The van der Waals surface area contributed by atoms with Crippen molar-refractivity contribution in [2.75, 3.05) is 17.7 Å². The number of nitrogen functional groups attached to an aromatic ring is 1. The van der Waals surface area contributed by atoms with Gasteiger partial charge in [-0.2, -0.15) is 0 Å². The number of carbonyl (C=O) groups is 1. The summed E-state index contributed by atoms with van der Waals surface area (Å²) in [5, 5.41) is 0. The smallest absolute Gasteiger partial charge is 0.258 e. The number of nitrogens with zero attached hydrogens (tertiary/aromatic N) is 1. The Hall–Kier alpha value is -1.88. The first kappa shape index (κ1) is 14.5. The van der Waals surface area contributed by atoms with Gasteiger partial charge in [0.1, 0.15) is 5.82 Å². The van der Waals surface area contributed by atoms with E-state index in [1.165, 1.54) is 17.0 Å². The molecule has 0 aliphatic carbocycles. The summed E-state index contributed by atoms with van der Waals surface area (Å²) >= 11 is 3.33. The monoisotopic (exact) mass is 336 g/mol. The number of hydrogen-bond acceptors (Lipinski definition) is 2. The van der Waals surface area contributed by atoms with E-state index < -0.39 is 0 Å². The van der Waals surface area contributed by atoms with Gasteiger partial charge in [-0.1, -0.05) is 15.9 Å². The summed E-state index contributed by atoms with van der Waals surface area (Å²) in [5.74, 6) is -0.528. The lowest BCUT2D eigenvalue weighted by Gasteiger charge is -2.19. The molecule has 0 fully saturated rings. The highest BCUT2D eigenvalue weighted by atomic mass is 79.9. The average molecular weight is 337 g/mol. The van der Waals surface area contributed by atoms with Gasteiger partial charge in [0.15, 0.2) is 0 Å². The van der Waals surface area contributed by atoms with Gasteiger partial charge in [0, 0.05) is 28.5 Å². The molecule has 3 nitrogen and oxygen atoms in total. The van der Waals surface area contributed by atoms with Gasteiger partial charge in [-0.05, 0) is 48.9 Å². The molecular weight excluding hydrogens is 323 g/mol. The fourth-order valence-corrected chi connectivity index (χ4v) is 2.36. The summed E-state index contributed by atoms with van der Waals surface area (Å²) < 4.78 is 13.7. The molecule has 0 heterocycles. The van der Waals surface area contributed by atoms with Crippen LogP contribution < -0.4 is 10.6 Å². The van der Waals surface area contributed by atoms with Crippen LogP contribution in [0.2, 0.25) is 0 Å². The van der Waals surface area contributed by atoms with Crippen molar-refractivity contribution < 1.29 is 9.18 Å². The summed E-state index contributed by atoms with van der Waals surface area (Å²) in [4.78, 5) is 14.0. The lowest BCUT2D eigenvalue weighted by Crippen LogP contribution is -2.27. The molecule has 0 aliphatic rings. The van der Waals surface area contributed by atoms with Crippen molar-refractivity contribution in [3.05, 3.63) is 57.8 Å². The van der Waals surface area contributed by atoms with E-state index in [2.05, 4.69) is 15.9 Å². The molecule has 0 atom stereocenters. The van der Waals surface area contributed by atoms with Crippen LogP contribution in [0.15, 0.2) is 40.9 Å². The Balaban J connectivity index is 2.38. The fourth-order valence-electron chi connectivity index (χ4n) is 1.88. The van der Waals surface area contributed by atoms with Crippen molar-refractivity contribution in [2.24, 2.45) is 0 Å². The Labute approximate surface area is 125 Å². The number of halogens is 2. The molecule has 0 spiro atoms. The molecule has 104 valence electrons. The van der Waals surface area contributed by atoms with Gasteiger partial charge in [0.25, 0.3) is 5.91 Å². The zero-order valence-electron chi connectivity index (χ0n) is 11.2. The van der Waals surface area contributed by atoms with Crippen molar-refractivity contribution in [1.29, 1.82) is 0 Å². The predicted molar refractivity (Wildman–Crippen MR) is 82.4 cm³/mol. The quantitative estimate of drug-likeness (QED) is 0.849. The highest BCUT2D eigenvalue weighted by Crippen LogP contribution is 2.25. The Morgan fingerprint density at radius 3 is 2.45 bits per heavy atom. The van der Waals surface area contributed by atoms with Crippen molar-refractivity contribution in [1.82, 2.24) is 0 Å². The first-order valence-electron chi connectivity index (χ1n) is 5.99. The van der Waals surface area contributed by atoms with Gasteiger partial charge in [-0.3, -0.25) is 4.79 Å². The number of hydrogen-bond donors (Lipinski definition) is 1. The lowest BCUT2D eigenvalue weighted by atomic mass is 10.1. The van der Waals surface area contributed by atoms with Crippen LogP contribution in [0.1, 0.15) is 15.9 Å². The van der Waals surface area contributed by atoms with Crippen molar-refractivity contribution in [2.45, 2.75) is 6.92 Å². The van der Waals surface area contributed by atoms with Crippen molar-refractivity contribution in [3.63, 3.8) is 0 Å². The maximum Gasteiger partial charge on any atom is 0.258 e. The third-order valence-corrected chi connectivity index (χ3v) is 3.62. The molecule has 2 aromatic rings. The van der Waals surface area contributed by atoms with E-state index in [-0.39, 0.29) is 11.7 Å². The van der Waals surface area contributed by atoms with E-state index in [0.29, 0.717) is 16.9 Å². The maximum absolute atomic E-state index is 12.9. The third-order valence-electron chi connectivity index (χ3n) is 3.16. The molecular formula is C15H14BrFN2O. The lowest BCUT2D eigenvalue weighted by molar-refractivity contribution is 0.0992. The second-order valence-electron chi connectivity index (χ2n) is 4.51. The first-order chi connectivity index (χ1) is 9.40. The Bertz CT molecular complexity index is 656. The molecule has 0 unspecified atom stereocenters. The summed E-state index contributed by atoms with van der Waals surface area (Å²) in [6, 6.07) is 9.24. The van der Waals surface area contributed by atoms with Gasteiger partial charge in [0.2, 0.25) is 0 Å². The minimum absolute atomic E-state index is 0.192. The standard InChI is InChI=1S/C15H14BrFN2O/c1-9-13(7-10(16)8-14(9)18)15(20)19(2)12-5-3-11(17)4-6-12/h3-8H,18H2,1-2H3. The second kappa shape index (κ2) is 5.63. The van der Waals surface area contributed by atoms with Crippen LogP contribution in [-0.4, -0.2) is 13.0 Å². The predicted octanol–water partition coefficient (Wildman–Crippen LogP) is 3.76. The first-order valence-corrected chi connectivity index (χ1v) is 6.78. The molecule has 0 saturated heterocycles. The summed E-state index contributed by atoms with van der Waals surface area (Å²) in [5.41, 5.74) is 8.28. The zero-order valence-corrected chi connectivity index (χ0v) is 12.7. The molecule has 0 bridgehead atoms. The highest BCUT2D eigenvalue weighted by molar-refractivity contribution is 9.10. The van der Waals surface area contributed by atoms with Crippen LogP contribution in [0.3, 0.4) is 0 Å². The topological polar surface area (TPSA) is 46.3 Å². The van der Waals surface area contributed by atoms with Crippen molar-refractivity contribution >= 4 is 33.2 Å². The zero-order chi connectivity index (χ0) is 14.9. The SMILES string of the molecule is Cc1c(N)cc(Br)cc1C(=O)N(C)c1ccc(F)cc1. The van der Waals surface area contributed by atoms with Crippen molar-refractivity contribution in [3.8, 4) is 0 Å². The Morgan fingerprint density at radius 2 is 1.85 bits per heavy atom. The molecule has 0 radical (unpaired) electrons. The summed E-state index contributed by atoms with van der Waals surface area (Å²) in [6.45, 7) is 1.80. The summed E-state index contributed by atoms with van der Waals surface area (Å²) in [6.07, 6.45) is 0. The van der Waals surface area contributed by atoms with Gasteiger partial charge in [-0.25, -0.2) is 4.39 Å². The van der Waals surface area contributed by atoms with Gasteiger partial charge in [-0.15, -0.1) is 0 Å². The number of anilines is 2. The van der Waals surface area contributed by atoms with Crippen LogP contribution in [0.25, 0.3) is 0 Å². The normalized spacial score (nSPS) is 10.4. The largest absolute Gasteiger partial charge is 0.398 e. The van der Waals surface area contributed by atoms with Crippen LogP contribution in [0.4, 0.5) is 15.8 Å². The van der Waals surface area contributed by atoms with Gasteiger partial charge < -0.3 is 10.6 Å². The summed E-state index contributed by atoms with van der Waals surface area (Å²) in [7, 11) is 1.64. The van der Waals surface area contributed by atoms with Crippen LogP contribution in [0, 0.1) is 12.7 Å². The number of nitrogens with two attached hydrogens (primary N) is 1. The highest BCUT2D eigenvalue weighted by Gasteiger charge is 2.17. The van der Waals surface area contributed by atoms with E-state index in [9.17, 15) is 9.18 Å². The van der Waals surface area contributed by atoms with Crippen LogP contribution >= 0.6 is 15.9 Å². The minimum atomic E-state index is -0.336. The van der Waals surface area contributed by atoms with Crippen LogP contribution in [0.5, 0.6) is 0 Å². The van der Waals surface area contributed by atoms with Gasteiger partial charge in [0.05, 0.1) is 0 Å². The Kier molecular flexibility index (Phi) is 4.09. The van der Waals surface area contributed by atoms with Crippen LogP contribution in [-0.2, 0) is 0 Å². The minimum Gasteiger partial charge on any atom is -0.398 e. The van der Waals surface area contributed by atoms with E-state index in [0.717, 1.165) is 10.0 Å². The molecule has 2 rings (SSSR count). The van der Waals surface area contributed by atoms with E-state index in [1.54, 1.807) is 38.2 Å². The molecule has 2 aromatic carbocycles. The molecule has 1 amide bonds. The second-order valence-corrected chi connectivity index (χ2v) is 5.42. The molecule has 0 aromatic heterocycles. The molecule has 20 heavy (non-hydrogen) atoms. The molecule has 0 aliphatic heterocycles. The van der Waals surface area contributed by atoms with E-state index in [4.69, 9.17) is 5.73 Å². The molecule has 5 heteroatoms. The van der Waals surface area contributed by atoms with E-state index >= 15 is 0 Å².